The summed E-state index contributed by atoms with van der Waals surface area (Å²) in [6.07, 6.45) is 0.345. The van der Waals surface area contributed by atoms with Crippen LogP contribution < -0.4 is 0 Å². The first-order valence-corrected chi connectivity index (χ1v) is 7.53. The molecule has 5 heteroatoms. The van der Waals surface area contributed by atoms with Gasteiger partial charge in [0.25, 0.3) is 0 Å². The van der Waals surface area contributed by atoms with Crippen molar-refractivity contribution in [3.05, 3.63) is 51.5 Å². The molecular weight excluding hydrogens is 323 g/mol. The summed E-state index contributed by atoms with van der Waals surface area (Å²) < 4.78 is 16.4. The molecule has 1 aromatic heterocycles. The Labute approximate surface area is 126 Å². The van der Waals surface area contributed by atoms with Crippen molar-refractivity contribution in [2.24, 2.45) is 0 Å². The number of benzene rings is 1. The molecule has 2 aromatic rings. The monoisotopic (exact) mass is 340 g/mol. The van der Waals surface area contributed by atoms with Crippen LogP contribution in [0.5, 0.6) is 0 Å². The molecule has 0 aliphatic heterocycles. The number of aliphatic hydroxyl groups excluding tert-OH is 1. The van der Waals surface area contributed by atoms with Gasteiger partial charge in [0.15, 0.2) is 0 Å². The van der Waals surface area contributed by atoms with Gasteiger partial charge >= 0.3 is 0 Å². The molecule has 0 amide bonds. The summed E-state index contributed by atoms with van der Waals surface area (Å²) in [5.41, 5.74) is 2.24. The molecule has 0 spiro atoms. The van der Waals surface area contributed by atoms with Crippen molar-refractivity contribution in [2.45, 2.75) is 39.3 Å². The number of nitrogens with zero attached hydrogens (tertiary/aromatic N) is 2. The van der Waals surface area contributed by atoms with Crippen LogP contribution in [-0.2, 0) is 19.4 Å². The highest BCUT2D eigenvalue weighted by Gasteiger charge is 2.16. The zero-order valence-electron chi connectivity index (χ0n) is 11.6. The number of aliphatic hydroxyl groups is 1. The van der Waals surface area contributed by atoms with Gasteiger partial charge in [0, 0.05) is 28.7 Å². The first-order valence-electron chi connectivity index (χ1n) is 6.73. The summed E-state index contributed by atoms with van der Waals surface area (Å²) in [6, 6.07) is 6.68. The van der Waals surface area contributed by atoms with Gasteiger partial charge < -0.3 is 5.11 Å². The van der Waals surface area contributed by atoms with Gasteiger partial charge in [0.1, 0.15) is 5.82 Å². The molecule has 1 atom stereocenters. The molecular formula is C15H18BrFN2O. The number of halogens is 2. The van der Waals surface area contributed by atoms with E-state index >= 15 is 0 Å². The highest BCUT2D eigenvalue weighted by molar-refractivity contribution is 9.10. The van der Waals surface area contributed by atoms with E-state index in [-0.39, 0.29) is 0 Å². The van der Waals surface area contributed by atoms with Crippen molar-refractivity contribution >= 4 is 15.9 Å². The van der Waals surface area contributed by atoms with Crippen LogP contribution in [0.15, 0.2) is 28.7 Å². The Hall–Kier alpha value is -1.20. The number of aryl methyl sites for hydroxylation is 2. The molecule has 2 rings (SSSR count). The van der Waals surface area contributed by atoms with Crippen molar-refractivity contribution in [3.8, 4) is 0 Å². The average molecular weight is 341 g/mol. The van der Waals surface area contributed by atoms with E-state index in [1.54, 1.807) is 12.1 Å². The van der Waals surface area contributed by atoms with E-state index in [4.69, 9.17) is 0 Å². The molecule has 0 radical (unpaired) electrons. The minimum atomic E-state index is -0.866. The molecule has 1 aromatic carbocycles. The summed E-state index contributed by atoms with van der Waals surface area (Å²) in [5.74, 6) is -0.398. The highest BCUT2D eigenvalue weighted by atomic mass is 79.9. The highest BCUT2D eigenvalue weighted by Crippen LogP contribution is 2.24. The topological polar surface area (TPSA) is 38.0 Å². The third-order valence-corrected chi connectivity index (χ3v) is 3.79. The maximum Gasteiger partial charge on any atom is 0.130 e. The van der Waals surface area contributed by atoms with Crippen LogP contribution in [-0.4, -0.2) is 14.9 Å². The van der Waals surface area contributed by atoms with E-state index < -0.39 is 11.9 Å². The quantitative estimate of drug-likeness (QED) is 0.902. The fourth-order valence-corrected chi connectivity index (χ4v) is 2.54. The minimum absolute atomic E-state index is 0.315. The van der Waals surface area contributed by atoms with Crippen LogP contribution in [0.4, 0.5) is 4.39 Å². The van der Waals surface area contributed by atoms with Gasteiger partial charge in [-0.3, -0.25) is 4.68 Å². The second-order valence-corrected chi connectivity index (χ2v) is 5.60. The first-order chi connectivity index (χ1) is 9.55. The second-order valence-electron chi connectivity index (χ2n) is 4.68. The maximum atomic E-state index is 13.8. The summed E-state index contributed by atoms with van der Waals surface area (Å²) in [7, 11) is 0. The lowest BCUT2D eigenvalue weighted by Gasteiger charge is -2.13. The third kappa shape index (κ3) is 3.27. The van der Waals surface area contributed by atoms with Gasteiger partial charge in [-0.05, 0) is 31.5 Å². The Morgan fingerprint density at radius 2 is 2.10 bits per heavy atom. The zero-order valence-corrected chi connectivity index (χ0v) is 13.2. The van der Waals surface area contributed by atoms with Crippen molar-refractivity contribution in [1.29, 1.82) is 0 Å². The van der Waals surface area contributed by atoms with E-state index in [1.165, 1.54) is 6.07 Å². The van der Waals surface area contributed by atoms with Crippen molar-refractivity contribution in [1.82, 2.24) is 9.78 Å². The standard InChI is InChI=1S/C15H18BrFN2O/c1-3-11-8-12(19(4-2)18-11)9-15(20)13-6-5-10(16)7-14(13)17/h5-8,15,20H,3-4,9H2,1-2H3. The molecule has 3 nitrogen and oxygen atoms in total. The Morgan fingerprint density at radius 3 is 2.70 bits per heavy atom. The number of aromatic nitrogens is 2. The third-order valence-electron chi connectivity index (χ3n) is 3.30. The van der Waals surface area contributed by atoms with Gasteiger partial charge in [-0.25, -0.2) is 4.39 Å². The van der Waals surface area contributed by atoms with Crippen LogP contribution in [0, 0.1) is 5.82 Å². The van der Waals surface area contributed by atoms with Crippen molar-refractivity contribution in [3.63, 3.8) is 0 Å². The van der Waals surface area contributed by atoms with Crippen LogP contribution in [0.2, 0.25) is 0 Å². The molecule has 0 aliphatic rings. The van der Waals surface area contributed by atoms with Gasteiger partial charge in [-0.2, -0.15) is 5.10 Å². The molecule has 0 fully saturated rings. The Morgan fingerprint density at radius 1 is 1.35 bits per heavy atom. The first kappa shape index (κ1) is 15.2. The zero-order chi connectivity index (χ0) is 14.7. The van der Waals surface area contributed by atoms with Crippen LogP contribution in [0.1, 0.15) is 36.9 Å². The van der Waals surface area contributed by atoms with Gasteiger partial charge in [0.2, 0.25) is 0 Å². The number of hydrogen-bond donors (Lipinski definition) is 1. The molecule has 0 bridgehead atoms. The van der Waals surface area contributed by atoms with Gasteiger partial charge in [-0.1, -0.05) is 28.9 Å². The maximum absolute atomic E-state index is 13.8. The minimum Gasteiger partial charge on any atom is -0.388 e. The Kier molecular flexibility index (Phi) is 4.94. The lowest BCUT2D eigenvalue weighted by molar-refractivity contribution is 0.170. The molecule has 0 aliphatic carbocycles. The van der Waals surface area contributed by atoms with Gasteiger partial charge in [0.05, 0.1) is 11.8 Å². The summed E-state index contributed by atoms with van der Waals surface area (Å²) in [5, 5.41) is 14.7. The lowest BCUT2D eigenvalue weighted by atomic mass is 10.0. The molecule has 0 saturated heterocycles. The summed E-state index contributed by atoms with van der Waals surface area (Å²) in [6.45, 7) is 4.78. The van der Waals surface area contributed by atoms with E-state index in [0.29, 0.717) is 16.5 Å². The Balaban J connectivity index is 2.22. The fraction of sp³-hybridized carbons (Fsp3) is 0.400. The van der Waals surface area contributed by atoms with Crippen LogP contribution in [0.25, 0.3) is 0 Å². The molecule has 1 N–H and O–H groups in total. The largest absolute Gasteiger partial charge is 0.388 e. The predicted molar refractivity (Wildman–Crippen MR) is 80.0 cm³/mol. The number of rotatable bonds is 5. The van der Waals surface area contributed by atoms with Crippen LogP contribution >= 0.6 is 15.9 Å². The predicted octanol–water partition coefficient (Wildman–Crippen LogP) is 3.64. The van der Waals surface area contributed by atoms with E-state index in [9.17, 15) is 9.50 Å². The molecule has 20 heavy (non-hydrogen) atoms. The van der Waals surface area contributed by atoms with Crippen molar-refractivity contribution in [2.75, 3.05) is 0 Å². The fourth-order valence-electron chi connectivity index (χ4n) is 2.21. The van der Waals surface area contributed by atoms with Crippen LogP contribution in [0.3, 0.4) is 0 Å². The lowest BCUT2D eigenvalue weighted by Crippen LogP contribution is -2.09. The van der Waals surface area contributed by atoms with E-state index in [1.807, 2.05) is 24.6 Å². The summed E-state index contributed by atoms with van der Waals surface area (Å²) >= 11 is 3.21. The van der Waals surface area contributed by atoms with Gasteiger partial charge in [-0.15, -0.1) is 0 Å². The second kappa shape index (κ2) is 6.50. The molecule has 108 valence electrons. The van der Waals surface area contributed by atoms with E-state index in [0.717, 1.165) is 24.4 Å². The molecule has 1 unspecified atom stereocenters. The molecule has 1 heterocycles. The summed E-state index contributed by atoms with van der Waals surface area (Å²) in [4.78, 5) is 0. The number of hydrogen-bond acceptors (Lipinski definition) is 2. The Bertz CT molecular complexity index is 598. The molecule has 0 saturated carbocycles. The average Bonchev–Trinajstić information content (AvgIpc) is 2.80. The normalized spacial score (nSPS) is 12.7. The van der Waals surface area contributed by atoms with Crippen molar-refractivity contribution < 1.29 is 9.50 Å². The smallest absolute Gasteiger partial charge is 0.130 e. The van der Waals surface area contributed by atoms with E-state index in [2.05, 4.69) is 21.0 Å². The SMILES string of the molecule is CCc1cc(CC(O)c2ccc(Br)cc2F)n(CC)n1.